The standard InChI is InChI=1S/C23H32N4O/c1-18(2)26-13-9-23(10-14-26)20-17-27(16-15-25-11-5-6-12-25)24-22(20)19-7-3-4-8-21(19)28-23/h3-4,7-8,17-18H,5-6,9-16H2,1-2H3. The summed E-state index contributed by atoms with van der Waals surface area (Å²) in [6.45, 7) is 11.3. The van der Waals surface area contributed by atoms with Gasteiger partial charge in [0.1, 0.15) is 17.0 Å². The number of aromatic nitrogens is 2. The molecule has 5 heteroatoms. The quantitative estimate of drug-likeness (QED) is 0.809. The van der Waals surface area contributed by atoms with Gasteiger partial charge in [-0.1, -0.05) is 12.1 Å². The molecular formula is C23H32N4O. The van der Waals surface area contributed by atoms with Crippen LogP contribution in [0, 0.1) is 0 Å². The average molecular weight is 381 g/mol. The van der Waals surface area contributed by atoms with Gasteiger partial charge in [0.15, 0.2) is 0 Å². The second kappa shape index (κ2) is 7.20. The molecule has 1 aromatic carbocycles. The maximum absolute atomic E-state index is 6.72. The van der Waals surface area contributed by atoms with Crippen molar-refractivity contribution in [3.63, 3.8) is 0 Å². The van der Waals surface area contributed by atoms with Crippen LogP contribution in [-0.4, -0.2) is 58.3 Å². The van der Waals surface area contributed by atoms with Gasteiger partial charge in [0.2, 0.25) is 0 Å². The van der Waals surface area contributed by atoms with Crippen molar-refractivity contribution >= 4 is 0 Å². The highest BCUT2D eigenvalue weighted by molar-refractivity contribution is 5.73. The zero-order chi connectivity index (χ0) is 19.1. The van der Waals surface area contributed by atoms with E-state index < -0.39 is 0 Å². The van der Waals surface area contributed by atoms with Gasteiger partial charge in [-0.05, 0) is 51.9 Å². The Bertz CT molecular complexity index is 829. The van der Waals surface area contributed by atoms with E-state index in [-0.39, 0.29) is 5.60 Å². The number of piperidine rings is 1. The monoisotopic (exact) mass is 380 g/mol. The van der Waals surface area contributed by atoms with Crippen molar-refractivity contribution in [2.45, 2.75) is 57.7 Å². The van der Waals surface area contributed by atoms with Crippen LogP contribution in [0.5, 0.6) is 5.75 Å². The first kappa shape index (κ1) is 18.2. The van der Waals surface area contributed by atoms with Gasteiger partial charge in [-0.25, -0.2) is 0 Å². The molecule has 0 atom stereocenters. The Morgan fingerprint density at radius 1 is 1.04 bits per heavy atom. The van der Waals surface area contributed by atoms with Crippen LogP contribution in [-0.2, 0) is 12.1 Å². The smallest absolute Gasteiger partial charge is 0.140 e. The molecule has 5 nitrogen and oxygen atoms in total. The maximum atomic E-state index is 6.72. The molecule has 4 heterocycles. The maximum Gasteiger partial charge on any atom is 0.140 e. The van der Waals surface area contributed by atoms with Gasteiger partial charge < -0.3 is 14.5 Å². The van der Waals surface area contributed by atoms with Gasteiger partial charge in [-0.15, -0.1) is 0 Å². The van der Waals surface area contributed by atoms with Crippen LogP contribution in [0.4, 0.5) is 0 Å². The van der Waals surface area contributed by atoms with Crippen molar-refractivity contribution in [2.24, 2.45) is 0 Å². The lowest BCUT2D eigenvalue weighted by Crippen LogP contribution is -2.49. The van der Waals surface area contributed by atoms with Crippen LogP contribution in [0.3, 0.4) is 0 Å². The zero-order valence-corrected chi connectivity index (χ0v) is 17.2. The number of rotatable bonds is 4. The molecule has 0 saturated carbocycles. The summed E-state index contributed by atoms with van der Waals surface area (Å²) < 4.78 is 8.89. The molecule has 3 aliphatic rings. The molecular weight excluding hydrogens is 348 g/mol. The van der Waals surface area contributed by atoms with Gasteiger partial charge in [0.25, 0.3) is 0 Å². The predicted molar refractivity (Wildman–Crippen MR) is 112 cm³/mol. The third kappa shape index (κ3) is 3.15. The molecule has 150 valence electrons. The molecule has 0 aliphatic carbocycles. The lowest BCUT2D eigenvalue weighted by molar-refractivity contribution is -0.0124. The largest absolute Gasteiger partial charge is 0.482 e. The minimum atomic E-state index is -0.221. The van der Waals surface area contributed by atoms with E-state index in [2.05, 4.69) is 58.8 Å². The highest BCUT2D eigenvalue weighted by Gasteiger charge is 2.45. The molecule has 2 fully saturated rings. The second-order valence-corrected chi connectivity index (χ2v) is 8.93. The van der Waals surface area contributed by atoms with E-state index in [0.29, 0.717) is 6.04 Å². The van der Waals surface area contributed by atoms with Crippen molar-refractivity contribution in [3.05, 3.63) is 36.0 Å². The van der Waals surface area contributed by atoms with E-state index in [4.69, 9.17) is 9.84 Å². The summed E-state index contributed by atoms with van der Waals surface area (Å²) in [7, 11) is 0. The van der Waals surface area contributed by atoms with Crippen molar-refractivity contribution in [2.75, 3.05) is 32.7 Å². The molecule has 1 spiro atoms. The normalized spacial score (nSPS) is 21.7. The summed E-state index contributed by atoms with van der Waals surface area (Å²) in [5.41, 5.74) is 3.37. The zero-order valence-electron chi connectivity index (χ0n) is 17.2. The first-order valence-electron chi connectivity index (χ1n) is 11.0. The molecule has 5 rings (SSSR count). The molecule has 1 aromatic heterocycles. The molecule has 0 amide bonds. The number of hydrogen-bond acceptors (Lipinski definition) is 4. The van der Waals surface area contributed by atoms with Gasteiger partial charge >= 0.3 is 0 Å². The van der Waals surface area contributed by atoms with E-state index in [1.807, 2.05) is 0 Å². The van der Waals surface area contributed by atoms with E-state index in [1.165, 1.54) is 31.5 Å². The number of likely N-dealkylation sites (tertiary alicyclic amines) is 2. The SMILES string of the molecule is CC(C)N1CCC2(CC1)Oc1ccccc1-c1nn(CCN3CCCC3)cc12. The molecule has 2 saturated heterocycles. The third-order valence-electron chi connectivity index (χ3n) is 6.88. The summed E-state index contributed by atoms with van der Waals surface area (Å²) in [5.74, 6) is 0.998. The Kier molecular flexibility index (Phi) is 4.68. The minimum Gasteiger partial charge on any atom is -0.482 e. The number of hydrogen-bond donors (Lipinski definition) is 0. The Morgan fingerprint density at radius 3 is 2.54 bits per heavy atom. The van der Waals surface area contributed by atoms with E-state index in [1.54, 1.807) is 0 Å². The van der Waals surface area contributed by atoms with Crippen LogP contribution in [0.1, 0.15) is 45.1 Å². The summed E-state index contributed by atoms with van der Waals surface area (Å²) in [6.07, 6.45) is 7.03. The topological polar surface area (TPSA) is 33.5 Å². The summed E-state index contributed by atoms with van der Waals surface area (Å²) in [5, 5.41) is 5.05. The van der Waals surface area contributed by atoms with E-state index in [9.17, 15) is 0 Å². The fourth-order valence-electron chi connectivity index (χ4n) is 5.11. The second-order valence-electron chi connectivity index (χ2n) is 8.93. The van der Waals surface area contributed by atoms with E-state index >= 15 is 0 Å². The van der Waals surface area contributed by atoms with Gasteiger partial charge in [0, 0.05) is 55.8 Å². The number of benzene rings is 1. The number of para-hydroxylation sites is 1. The fourth-order valence-corrected chi connectivity index (χ4v) is 5.11. The van der Waals surface area contributed by atoms with Crippen LogP contribution < -0.4 is 4.74 Å². The van der Waals surface area contributed by atoms with Gasteiger partial charge in [-0.3, -0.25) is 4.68 Å². The highest BCUT2D eigenvalue weighted by atomic mass is 16.5. The van der Waals surface area contributed by atoms with Crippen LogP contribution in [0.15, 0.2) is 30.5 Å². The van der Waals surface area contributed by atoms with E-state index in [0.717, 1.165) is 56.0 Å². The Labute approximate surface area is 168 Å². The Hall–Kier alpha value is -1.85. The predicted octanol–water partition coefficient (Wildman–Crippen LogP) is 3.74. The molecule has 0 unspecified atom stereocenters. The number of nitrogens with zero attached hydrogens (tertiary/aromatic N) is 4. The van der Waals surface area contributed by atoms with Gasteiger partial charge in [-0.2, -0.15) is 5.10 Å². The summed E-state index contributed by atoms with van der Waals surface area (Å²) in [6, 6.07) is 9.02. The van der Waals surface area contributed by atoms with Crippen LogP contribution in [0.2, 0.25) is 0 Å². The minimum absolute atomic E-state index is 0.221. The first-order valence-corrected chi connectivity index (χ1v) is 11.0. The van der Waals surface area contributed by atoms with Crippen molar-refractivity contribution in [1.82, 2.24) is 19.6 Å². The lowest BCUT2D eigenvalue weighted by Gasteiger charge is -2.45. The van der Waals surface area contributed by atoms with Crippen LogP contribution >= 0.6 is 0 Å². The fraction of sp³-hybridized carbons (Fsp3) is 0.609. The molecule has 0 radical (unpaired) electrons. The van der Waals surface area contributed by atoms with Crippen LogP contribution in [0.25, 0.3) is 11.3 Å². The lowest BCUT2D eigenvalue weighted by atomic mass is 9.81. The molecule has 28 heavy (non-hydrogen) atoms. The number of fused-ring (bicyclic) bond motifs is 4. The molecule has 0 N–H and O–H groups in total. The summed E-state index contributed by atoms with van der Waals surface area (Å²) in [4.78, 5) is 5.12. The first-order chi connectivity index (χ1) is 13.6. The summed E-state index contributed by atoms with van der Waals surface area (Å²) >= 11 is 0. The van der Waals surface area contributed by atoms with Gasteiger partial charge in [0.05, 0.1) is 6.54 Å². The van der Waals surface area contributed by atoms with Crippen molar-refractivity contribution < 1.29 is 4.74 Å². The molecule has 0 bridgehead atoms. The van der Waals surface area contributed by atoms with Crippen molar-refractivity contribution in [1.29, 1.82) is 0 Å². The van der Waals surface area contributed by atoms with Crippen molar-refractivity contribution in [3.8, 4) is 17.0 Å². The number of ether oxygens (including phenoxy) is 1. The third-order valence-corrected chi connectivity index (χ3v) is 6.88. The Balaban J connectivity index is 1.45. The average Bonchev–Trinajstić information content (AvgIpc) is 3.37. The molecule has 3 aliphatic heterocycles. The molecule has 2 aromatic rings. The highest BCUT2D eigenvalue weighted by Crippen LogP contribution is 2.49. The Morgan fingerprint density at radius 2 is 1.79 bits per heavy atom.